The highest BCUT2D eigenvalue weighted by atomic mass is 79.9. The van der Waals surface area contributed by atoms with Crippen LogP contribution in [-0.4, -0.2) is 36.5 Å². The molecule has 0 spiro atoms. The lowest BCUT2D eigenvalue weighted by Crippen LogP contribution is -2.40. The number of amides is 1. The lowest BCUT2D eigenvalue weighted by molar-refractivity contribution is 0.0702. The number of halogens is 2. The minimum atomic E-state index is 0.0855. The monoisotopic (exact) mass is 370 g/mol. The van der Waals surface area contributed by atoms with E-state index in [2.05, 4.69) is 26.1 Å². The second kappa shape index (κ2) is 6.67. The molecule has 3 rings (SSSR count). The van der Waals surface area contributed by atoms with Crippen LogP contribution in [0.2, 0.25) is 5.02 Å². The normalized spacial score (nSPS) is 19.5. The zero-order valence-corrected chi connectivity index (χ0v) is 14.3. The molecular formula is C16H20BrClN2O. The fourth-order valence-electron chi connectivity index (χ4n) is 2.95. The molecule has 1 N–H and O–H groups in total. The van der Waals surface area contributed by atoms with Crippen molar-refractivity contribution in [3.63, 3.8) is 0 Å². The topological polar surface area (TPSA) is 32.3 Å². The highest BCUT2D eigenvalue weighted by molar-refractivity contribution is 9.10. The maximum absolute atomic E-state index is 12.9. The highest BCUT2D eigenvalue weighted by Crippen LogP contribution is 2.33. The van der Waals surface area contributed by atoms with E-state index >= 15 is 0 Å². The maximum atomic E-state index is 12.9. The van der Waals surface area contributed by atoms with Crippen molar-refractivity contribution in [1.82, 2.24) is 10.2 Å². The highest BCUT2D eigenvalue weighted by Gasteiger charge is 2.35. The number of hydrogen-bond acceptors (Lipinski definition) is 2. The molecular weight excluding hydrogens is 352 g/mol. The van der Waals surface area contributed by atoms with Crippen LogP contribution in [0.3, 0.4) is 0 Å². The maximum Gasteiger partial charge on any atom is 0.255 e. The molecule has 1 aliphatic carbocycles. The quantitative estimate of drug-likeness (QED) is 0.875. The number of benzene rings is 1. The van der Waals surface area contributed by atoms with Crippen LogP contribution in [0.1, 0.15) is 36.0 Å². The van der Waals surface area contributed by atoms with Gasteiger partial charge in [0.05, 0.1) is 10.6 Å². The van der Waals surface area contributed by atoms with E-state index in [1.807, 2.05) is 18.2 Å². The van der Waals surface area contributed by atoms with E-state index in [1.165, 1.54) is 0 Å². The summed E-state index contributed by atoms with van der Waals surface area (Å²) in [4.78, 5) is 14.9. The molecule has 1 saturated heterocycles. The Morgan fingerprint density at radius 3 is 2.67 bits per heavy atom. The van der Waals surface area contributed by atoms with Crippen LogP contribution in [0.15, 0.2) is 22.7 Å². The van der Waals surface area contributed by atoms with Gasteiger partial charge in [0.2, 0.25) is 0 Å². The van der Waals surface area contributed by atoms with Gasteiger partial charge < -0.3 is 10.2 Å². The molecule has 2 fully saturated rings. The summed E-state index contributed by atoms with van der Waals surface area (Å²) in [6.45, 7) is 3.00. The zero-order chi connectivity index (χ0) is 14.8. The van der Waals surface area contributed by atoms with Gasteiger partial charge in [0, 0.05) is 17.1 Å². The van der Waals surface area contributed by atoms with Crippen LogP contribution in [0.4, 0.5) is 0 Å². The lowest BCUT2D eigenvalue weighted by Gasteiger charge is -2.30. The predicted molar refractivity (Wildman–Crippen MR) is 88.8 cm³/mol. The van der Waals surface area contributed by atoms with Crippen molar-refractivity contribution in [3.8, 4) is 0 Å². The lowest BCUT2D eigenvalue weighted by atomic mass is 9.97. The number of carbonyl (C=O) groups excluding carboxylic acids is 1. The SMILES string of the molecule is O=C(c1cccc(Br)c1Cl)N(CC1CCNCC1)C1CC1. The largest absolute Gasteiger partial charge is 0.335 e. The first-order valence-electron chi connectivity index (χ1n) is 7.62. The fourth-order valence-corrected chi connectivity index (χ4v) is 3.52. The van der Waals surface area contributed by atoms with Crippen molar-refractivity contribution in [2.45, 2.75) is 31.7 Å². The third-order valence-electron chi connectivity index (χ3n) is 4.34. The predicted octanol–water partition coefficient (Wildman–Crippen LogP) is 3.71. The number of hydrogen-bond donors (Lipinski definition) is 1. The number of nitrogens with zero attached hydrogens (tertiary/aromatic N) is 1. The van der Waals surface area contributed by atoms with Gasteiger partial charge in [-0.1, -0.05) is 17.7 Å². The summed E-state index contributed by atoms with van der Waals surface area (Å²) in [5, 5.41) is 3.91. The fraction of sp³-hybridized carbons (Fsp3) is 0.562. The summed E-state index contributed by atoms with van der Waals surface area (Å²) in [5.74, 6) is 0.698. The van der Waals surface area contributed by atoms with Gasteiger partial charge in [0.15, 0.2) is 0 Å². The van der Waals surface area contributed by atoms with Crippen molar-refractivity contribution in [1.29, 1.82) is 0 Å². The van der Waals surface area contributed by atoms with E-state index in [4.69, 9.17) is 11.6 Å². The Balaban J connectivity index is 1.76. The average molecular weight is 372 g/mol. The Bertz CT molecular complexity index is 527. The molecule has 3 nitrogen and oxygen atoms in total. The van der Waals surface area contributed by atoms with Crippen LogP contribution in [-0.2, 0) is 0 Å². The van der Waals surface area contributed by atoms with Crippen LogP contribution >= 0.6 is 27.5 Å². The molecule has 0 aromatic heterocycles. The zero-order valence-electron chi connectivity index (χ0n) is 11.9. The molecule has 1 aromatic rings. The molecule has 0 atom stereocenters. The van der Waals surface area contributed by atoms with Gasteiger partial charge in [0.25, 0.3) is 5.91 Å². The van der Waals surface area contributed by atoms with Gasteiger partial charge in [-0.2, -0.15) is 0 Å². The summed E-state index contributed by atoms with van der Waals surface area (Å²) in [7, 11) is 0. The molecule has 2 aliphatic rings. The van der Waals surface area contributed by atoms with Gasteiger partial charge in [0.1, 0.15) is 0 Å². The summed E-state index contributed by atoms with van der Waals surface area (Å²) < 4.78 is 0.785. The molecule has 1 heterocycles. The van der Waals surface area contributed by atoms with Gasteiger partial charge >= 0.3 is 0 Å². The van der Waals surface area contributed by atoms with Crippen LogP contribution < -0.4 is 5.32 Å². The first kappa shape index (κ1) is 15.3. The Morgan fingerprint density at radius 1 is 1.29 bits per heavy atom. The Kier molecular flexibility index (Phi) is 4.87. The standard InChI is InChI=1S/C16H20BrClN2O/c17-14-3-1-2-13(15(14)18)16(21)20(12-4-5-12)10-11-6-8-19-9-7-11/h1-3,11-12,19H,4-10H2. The van der Waals surface area contributed by atoms with Gasteiger partial charge in [-0.25, -0.2) is 0 Å². The van der Waals surface area contributed by atoms with Crippen LogP contribution in [0.5, 0.6) is 0 Å². The van der Waals surface area contributed by atoms with Crippen molar-refractivity contribution < 1.29 is 4.79 Å². The van der Waals surface area contributed by atoms with Crippen molar-refractivity contribution in [3.05, 3.63) is 33.3 Å². The van der Waals surface area contributed by atoms with Gasteiger partial charge in [-0.3, -0.25) is 4.79 Å². The third-order valence-corrected chi connectivity index (χ3v) is 5.64. The molecule has 0 bridgehead atoms. The summed E-state index contributed by atoms with van der Waals surface area (Å²) in [6, 6.07) is 5.99. The first-order chi connectivity index (χ1) is 10.2. The summed E-state index contributed by atoms with van der Waals surface area (Å²) in [6.07, 6.45) is 4.57. The average Bonchev–Trinajstić information content (AvgIpc) is 3.33. The molecule has 0 radical (unpaired) electrons. The second-order valence-corrected chi connectivity index (χ2v) is 7.22. The van der Waals surface area contributed by atoms with E-state index in [0.29, 0.717) is 22.5 Å². The van der Waals surface area contributed by atoms with E-state index in [0.717, 1.165) is 49.8 Å². The van der Waals surface area contributed by atoms with Gasteiger partial charge in [-0.05, 0) is 72.8 Å². The molecule has 5 heteroatoms. The smallest absolute Gasteiger partial charge is 0.255 e. The Morgan fingerprint density at radius 2 is 2.00 bits per heavy atom. The number of piperidine rings is 1. The molecule has 114 valence electrons. The van der Waals surface area contributed by atoms with Crippen LogP contribution in [0, 0.1) is 5.92 Å². The number of rotatable bonds is 4. The van der Waals surface area contributed by atoms with Crippen LogP contribution in [0.25, 0.3) is 0 Å². The molecule has 1 saturated carbocycles. The van der Waals surface area contributed by atoms with E-state index in [-0.39, 0.29) is 5.91 Å². The van der Waals surface area contributed by atoms with E-state index in [9.17, 15) is 4.79 Å². The first-order valence-corrected chi connectivity index (χ1v) is 8.79. The molecule has 1 aromatic carbocycles. The number of nitrogens with one attached hydrogen (secondary N) is 1. The summed E-state index contributed by atoms with van der Waals surface area (Å²) in [5.41, 5.74) is 0.617. The number of carbonyl (C=O) groups is 1. The van der Waals surface area contributed by atoms with Crippen molar-refractivity contribution in [2.75, 3.05) is 19.6 Å². The molecule has 0 unspecified atom stereocenters. The molecule has 1 amide bonds. The van der Waals surface area contributed by atoms with E-state index in [1.54, 1.807) is 0 Å². The van der Waals surface area contributed by atoms with Crippen molar-refractivity contribution in [2.24, 2.45) is 5.92 Å². The minimum Gasteiger partial charge on any atom is -0.335 e. The van der Waals surface area contributed by atoms with E-state index < -0.39 is 0 Å². The van der Waals surface area contributed by atoms with Crippen molar-refractivity contribution >= 4 is 33.4 Å². The second-order valence-electron chi connectivity index (χ2n) is 5.98. The summed E-state index contributed by atoms with van der Waals surface area (Å²) >= 11 is 9.70. The molecule has 21 heavy (non-hydrogen) atoms. The Hall–Kier alpha value is -0.580. The Labute approximate surface area is 139 Å². The van der Waals surface area contributed by atoms with Gasteiger partial charge in [-0.15, -0.1) is 0 Å². The molecule has 1 aliphatic heterocycles. The minimum absolute atomic E-state index is 0.0855. The third kappa shape index (κ3) is 3.61.